The standard InChI is InChI=1S/C16H22ClNO2S/c17-14-6-3-4-12(8-14)10-21-11-16(20)18-15-7-2-1-5-13(15)9-19/h3-4,6,8,13,15,19H,1-2,5,7,9-11H2,(H,18,20). The predicted molar refractivity (Wildman–Crippen MR) is 88.6 cm³/mol. The van der Waals surface area contributed by atoms with E-state index in [4.69, 9.17) is 11.6 Å². The zero-order valence-electron chi connectivity index (χ0n) is 12.1. The van der Waals surface area contributed by atoms with E-state index in [9.17, 15) is 9.90 Å². The number of hydrogen-bond acceptors (Lipinski definition) is 3. The van der Waals surface area contributed by atoms with E-state index in [1.54, 1.807) is 11.8 Å². The topological polar surface area (TPSA) is 49.3 Å². The summed E-state index contributed by atoms with van der Waals surface area (Å²) in [4.78, 5) is 12.0. The molecule has 1 saturated carbocycles. The summed E-state index contributed by atoms with van der Waals surface area (Å²) < 4.78 is 0. The molecule has 1 aromatic rings. The van der Waals surface area contributed by atoms with E-state index in [1.165, 1.54) is 0 Å². The highest BCUT2D eigenvalue weighted by atomic mass is 35.5. The van der Waals surface area contributed by atoms with Crippen molar-refractivity contribution in [3.05, 3.63) is 34.9 Å². The van der Waals surface area contributed by atoms with Crippen molar-refractivity contribution in [3.63, 3.8) is 0 Å². The van der Waals surface area contributed by atoms with Gasteiger partial charge in [-0.15, -0.1) is 11.8 Å². The Morgan fingerprint density at radius 2 is 2.19 bits per heavy atom. The van der Waals surface area contributed by atoms with Gasteiger partial charge in [-0.25, -0.2) is 0 Å². The van der Waals surface area contributed by atoms with Crippen LogP contribution in [0.2, 0.25) is 5.02 Å². The fourth-order valence-electron chi connectivity index (χ4n) is 2.75. The van der Waals surface area contributed by atoms with Crippen molar-refractivity contribution in [2.45, 2.75) is 37.5 Å². The average Bonchev–Trinajstić information content (AvgIpc) is 2.48. The van der Waals surface area contributed by atoms with Crippen LogP contribution in [0, 0.1) is 5.92 Å². The summed E-state index contributed by atoms with van der Waals surface area (Å²) in [6.45, 7) is 0.167. The van der Waals surface area contributed by atoms with Crippen LogP contribution in [0.3, 0.4) is 0 Å². The van der Waals surface area contributed by atoms with Crippen molar-refractivity contribution in [1.29, 1.82) is 0 Å². The van der Waals surface area contributed by atoms with Gasteiger partial charge in [0.15, 0.2) is 0 Å². The summed E-state index contributed by atoms with van der Waals surface area (Å²) in [7, 11) is 0. The molecule has 2 atom stereocenters. The molecular formula is C16H22ClNO2S. The SMILES string of the molecule is O=C(CSCc1cccc(Cl)c1)NC1CCCCC1CO. The first kappa shape index (κ1) is 16.7. The van der Waals surface area contributed by atoms with Gasteiger partial charge >= 0.3 is 0 Å². The van der Waals surface area contributed by atoms with E-state index >= 15 is 0 Å². The van der Waals surface area contributed by atoms with Gasteiger partial charge in [0.25, 0.3) is 0 Å². The highest BCUT2D eigenvalue weighted by molar-refractivity contribution is 7.99. The van der Waals surface area contributed by atoms with E-state index in [0.717, 1.165) is 42.0 Å². The van der Waals surface area contributed by atoms with Crippen LogP contribution in [0.5, 0.6) is 0 Å². The summed E-state index contributed by atoms with van der Waals surface area (Å²) in [6, 6.07) is 7.85. The summed E-state index contributed by atoms with van der Waals surface area (Å²) in [6.07, 6.45) is 4.28. The van der Waals surface area contributed by atoms with Crippen molar-refractivity contribution >= 4 is 29.3 Å². The smallest absolute Gasteiger partial charge is 0.230 e. The third-order valence-electron chi connectivity index (χ3n) is 3.88. The summed E-state index contributed by atoms with van der Waals surface area (Å²) in [5.41, 5.74) is 1.13. The predicted octanol–water partition coefficient (Wildman–Crippen LogP) is 3.24. The van der Waals surface area contributed by atoms with Gasteiger partial charge in [-0.05, 0) is 30.5 Å². The van der Waals surface area contributed by atoms with Crippen molar-refractivity contribution < 1.29 is 9.90 Å². The Kier molecular flexibility index (Phi) is 6.87. The largest absolute Gasteiger partial charge is 0.396 e. The van der Waals surface area contributed by atoms with Crippen LogP contribution in [0.15, 0.2) is 24.3 Å². The fourth-order valence-corrected chi connectivity index (χ4v) is 3.75. The quantitative estimate of drug-likeness (QED) is 0.843. The minimum atomic E-state index is 0.0624. The Labute approximate surface area is 135 Å². The molecule has 5 heteroatoms. The van der Waals surface area contributed by atoms with Crippen LogP contribution in [-0.4, -0.2) is 29.4 Å². The number of hydrogen-bond donors (Lipinski definition) is 2. The first-order valence-corrected chi connectivity index (χ1v) is 8.94. The monoisotopic (exact) mass is 327 g/mol. The van der Waals surface area contributed by atoms with Gasteiger partial charge in [-0.1, -0.05) is 36.6 Å². The maximum Gasteiger partial charge on any atom is 0.230 e. The van der Waals surface area contributed by atoms with Gasteiger partial charge in [0, 0.05) is 29.3 Å². The lowest BCUT2D eigenvalue weighted by Crippen LogP contribution is -2.44. The molecule has 0 spiro atoms. The number of carbonyl (C=O) groups excluding carboxylic acids is 1. The van der Waals surface area contributed by atoms with Crippen LogP contribution in [0.25, 0.3) is 0 Å². The molecule has 1 aliphatic rings. The second-order valence-electron chi connectivity index (χ2n) is 5.52. The molecule has 2 N–H and O–H groups in total. The molecule has 116 valence electrons. The molecule has 2 unspecified atom stereocenters. The maximum absolute atomic E-state index is 12.0. The summed E-state index contributed by atoms with van der Waals surface area (Å²) in [5.74, 6) is 1.51. The van der Waals surface area contributed by atoms with Gasteiger partial charge in [0.2, 0.25) is 5.91 Å². The molecule has 0 saturated heterocycles. The van der Waals surface area contributed by atoms with Crippen LogP contribution in [0.1, 0.15) is 31.2 Å². The summed E-state index contributed by atoms with van der Waals surface area (Å²) in [5, 5.41) is 13.2. The van der Waals surface area contributed by atoms with Gasteiger partial charge < -0.3 is 10.4 Å². The lowest BCUT2D eigenvalue weighted by Gasteiger charge is -2.30. The molecule has 0 radical (unpaired) electrons. The zero-order valence-corrected chi connectivity index (χ0v) is 13.6. The first-order valence-electron chi connectivity index (χ1n) is 7.41. The van der Waals surface area contributed by atoms with Gasteiger partial charge in [0.05, 0.1) is 5.75 Å². The Bertz CT molecular complexity index is 469. The fraction of sp³-hybridized carbons (Fsp3) is 0.562. The first-order chi connectivity index (χ1) is 10.2. The molecule has 0 aliphatic heterocycles. The molecular weight excluding hydrogens is 306 g/mol. The summed E-state index contributed by atoms with van der Waals surface area (Å²) >= 11 is 7.52. The van der Waals surface area contributed by atoms with Crippen LogP contribution >= 0.6 is 23.4 Å². The highest BCUT2D eigenvalue weighted by Crippen LogP contribution is 2.24. The second-order valence-corrected chi connectivity index (χ2v) is 6.95. The minimum absolute atomic E-state index is 0.0624. The number of aliphatic hydroxyl groups excluding tert-OH is 1. The molecule has 0 bridgehead atoms. The van der Waals surface area contributed by atoms with E-state index in [-0.39, 0.29) is 24.5 Å². The Hall–Kier alpha value is -0.710. The number of halogens is 1. The van der Waals surface area contributed by atoms with E-state index in [2.05, 4.69) is 5.32 Å². The number of aliphatic hydroxyl groups is 1. The number of thioether (sulfide) groups is 1. The van der Waals surface area contributed by atoms with E-state index < -0.39 is 0 Å². The lowest BCUT2D eigenvalue weighted by atomic mass is 9.85. The van der Waals surface area contributed by atoms with Crippen LogP contribution in [-0.2, 0) is 10.5 Å². The zero-order chi connectivity index (χ0) is 15.1. The van der Waals surface area contributed by atoms with E-state index in [0.29, 0.717) is 5.75 Å². The molecule has 1 amide bonds. The van der Waals surface area contributed by atoms with Crippen molar-refractivity contribution in [2.24, 2.45) is 5.92 Å². The number of rotatable bonds is 6. The Balaban J connectivity index is 1.72. The molecule has 0 heterocycles. The number of benzene rings is 1. The van der Waals surface area contributed by atoms with Gasteiger partial charge in [-0.3, -0.25) is 4.79 Å². The van der Waals surface area contributed by atoms with Crippen LogP contribution in [0.4, 0.5) is 0 Å². The van der Waals surface area contributed by atoms with Crippen molar-refractivity contribution in [2.75, 3.05) is 12.4 Å². The average molecular weight is 328 g/mol. The molecule has 1 aliphatic carbocycles. The van der Waals surface area contributed by atoms with E-state index in [1.807, 2.05) is 24.3 Å². The molecule has 3 nitrogen and oxygen atoms in total. The van der Waals surface area contributed by atoms with Crippen molar-refractivity contribution in [3.8, 4) is 0 Å². The normalized spacial score (nSPS) is 22.0. The second kappa shape index (κ2) is 8.66. The number of carbonyl (C=O) groups is 1. The molecule has 1 aromatic carbocycles. The Morgan fingerprint density at radius 3 is 2.95 bits per heavy atom. The lowest BCUT2D eigenvalue weighted by molar-refractivity contribution is -0.120. The van der Waals surface area contributed by atoms with Crippen molar-refractivity contribution in [1.82, 2.24) is 5.32 Å². The van der Waals surface area contributed by atoms with Gasteiger partial charge in [0.1, 0.15) is 0 Å². The molecule has 21 heavy (non-hydrogen) atoms. The number of amides is 1. The van der Waals surface area contributed by atoms with Crippen LogP contribution < -0.4 is 5.32 Å². The molecule has 0 aromatic heterocycles. The number of nitrogens with one attached hydrogen (secondary N) is 1. The Morgan fingerprint density at radius 1 is 1.38 bits per heavy atom. The third-order valence-corrected chi connectivity index (χ3v) is 5.12. The molecule has 1 fully saturated rings. The molecule has 2 rings (SSSR count). The highest BCUT2D eigenvalue weighted by Gasteiger charge is 2.25. The maximum atomic E-state index is 12.0. The third kappa shape index (κ3) is 5.53. The minimum Gasteiger partial charge on any atom is -0.396 e. The van der Waals surface area contributed by atoms with Gasteiger partial charge in [-0.2, -0.15) is 0 Å².